The van der Waals surface area contributed by atoms with Crippen LogP contribution in [0.1, 0.15) is 28.9 Å². The van der Waals surface area contributed by atoms with Gasteiger partial charge in [-0.3, -0.25) is 9.59 Å². The third-order valence-electron chi connectivity index (χ3n) is 4.45. The van der Waals surface area contributed by atoms with E-state index in [0.717, 1.165) is 6.20 Å². The van der Waals surface area contributed by atoms with Gasteiger partial charge in [-0.2, -0.15) is 18.3 Å². The predicted octanol–water partition coefficient (Wildman–Crippen LogP) is 1.63. The predicted molar refractivity (Wildman–Crippen MR) is 87.0 cm³/mol. The van der Waals surface area contributed by atoms with E-state index < -0.39 is 35.2 Å². The largest absolute Gasteiger partial charge is 0.481 e. The maximum atomic E-state index is 13.7. The summed E-state index contributed by atoms with van der Waals surface area (Å²) in [5, 5.41) is 19.9. The number of rotatable bonds is 4. The summed E-state index contributed by atoms with van der Waals surface area (Å²) in [5.41, 5.74) is -1.89. The summed E-state index contributed by atoms with van der Waals surface area (Å²) < 4.78 is 46.4. The van der Waals surface area contributed by atoms with Crippen molar-refractivity contribution in [2.24, 2.45) is 5.92 Å². The fourth-order valence-corrected chi connectivity index (χ4v) is 2.99. The molecule has 0 bridgehead atoms. The third-order valence-corrected chi connectivity index (χ3v) is 4.45. The van der Waals surface area contributed by atoms with Gasteiger partial charge >= 0.3 is 12.1 Å². The van der Waals surface area contributed by atoms with Crippen LogP contribution >= 0.6 is 0 Å². The lowest BCUT2D eigenvalue weighted by Gasteiger charge is -2.30. The Kier molecular flexibility index (Phi) is 5.21. The number of carboxylic acid groups (broad SMARTS) is 1. The van der Waals surface area contributed by atoms with E-state index in [2.05, 4.69) is 15.3 Å². The Balaban J connectivity index is 1.92. The van der Waals surface area contributed by atoms with E-state index in [0.29, 0.717) is 4.68 Å². The fraction of sp³-hybridized carbons (Fsp3) is 0.438. The number of likely N-dealkylation sites (tertiary alicyclic amines) is 1. The molecule has 1 saturated heterocycles. The molecule has 3 heterocycles. The molecule has 1 aliphatic heterocycles. The van der Waals surface area contributed by atoms with Crippen LogP contribution in [0.2, 0.25) is 0 Å². The van der Waals surface area contributed by atoms with Gasteiger partial charge in [-0.25, -0.2) is 4.68 Å². The quantitative estimate of drug-likeness (QED) is 0.832. The Morgan fingerprint density at radius 3 is 2.39 bits per heavy atom. The van der Waals surface area contributed by atoms with E-state index in [4.69, 9.17) is 9.84 Å². The van der Waals surface area contributed by atoms with E-state index in [1.165, 1.54) is 24.1 Å². The first-order chi connectivity index (χ1) is 13.2. The Labute approximate surface area is 156 Å². The normalized spacial score (nSPS) is 15.5. The Bertz CT molecular complexity index is 873. The number of halogens is 3. The minimum absolute atomic E-state index is 0.0562. The highest BCUT2D eigenvalue weighted by atomic mass is 19.4. The summed E-state index contributed by atoms with van der Waals surface area (Å²) >= 11 is 0. The molecule has 1 N–H and O–H groups in total. The average Bonchev–Trinajstić information content (AvgIpc) is 3.13. The zero-order valence-electron chi connectivity index (χ0n) is 14.7. The van der Waals surface area contributed by atoms with Gasteiger partial charge in [-0.05, 0) is 18.9 Å². The first-order valence-corrected chi connectivity index (χ1v) is 8.27. The number of aromatic nitrogens is 4. The fourth-order valence-electron chi connectivity index (χ4n) is 2.99. The van der Waals surface area contributed by atoms with Crippen molar-refractivity contribution in [2.75, 3.05) is 20.2 Å². The number of aliphatic carboxylic acids is 1. The summed E-state index contributed by atoms with van der Waals surface area (Å²) in [7, 11) is 1.34. The van der Waals surface area contributed by atoms with Crippen molar-refractivity contribution in [3.63, 3.8) is 0 Å². The first kappa shape index (κ1) is 19.6. The number of nitrogens with zero attached hydrogens (tertiary/aromatic N) is 5. The molecule has 0 atom stereocenters. The smallest absolute Gasteiger partial charge is 0.434 e. The molecule has 9 nitrogen and oxygen atoms in total. The summed E-state index contributed by atoms with van der Waals surface area (Å²) in [6.45, 7) is 0.112. The van der Waals surface area contributed by atoms with Crippen molar-refractivity contribution < 1.29 is 32.6 Å². The summed E-state index contributed by atoms with van der Waals surface area (Å²) in [6.07, 6.45) is -3.68. The van der Waals surface area contributed by atoms with Gasteiger partial charge in [-0.1, -0.05) is 0 Å². The standard InChI is InChI=1S/C16H16F3N5O4/c1-28-12-3-2-11(21-22-12)24-13(16(17,18)19)10(8-20-24)14(25)23-6-4-9(5-7-23)15(26)27/h2-3,8-9H,4-7H2,1H3,(H,26,27). The van der Waals surface area contributed by atoms with Crippen molar-refractivity contribution in [1.82, 2.24) is 24.9 Å². The van der Waals surface area contributed by atoms with Gasteiger partial charge in [0.1, 0.15) is 0 Å². The summed E-state index contributed by atoms with van der Waals surface area (Å²) in [5.74, 6) is -2.56. The number of hydrogen-bond acceptors (Lipinski definition) is 6. The van der Waals surface area contributed by atoms with Gasteiger partial charge in [-0.15, -0.1) is 10.2 Å². The molecule has 0 saturated carbocycles. The van der Waals surface area contributed by atoms with Crippen LogP contribution in [-0.4, -0.2) is 62.1 Å². The lowest BCUT2D eigenvalue weighted by molar-refractivity contribution is -0.143. The molecule has 1 fully saturated rings. The molecule has 0 spiro atoms. The minimum Gasteiger partial charge on any atom is -0.481 e. The van der Waals surface area contributed by atoms with Crippen molar-refractivity contribution >= 4 is 11.9 Å². The zero-order valence-corrected chi connectivity index (χ0v) is 14.7. The van der Waals surface area contributed by atoms with Crippen molar-refractivity contribution in [2.45, 2.75) is 19.0 Å². The van der Waals surface area contributed by atoms with Crippen LogP contribution in [-0.2, 0) is 11.0 Å². The topological polar surface area (TPSA) is 110 Å². The monoisotopic (exact) mass is 399 g/mol. The van der Waals surface area contributed by atoms with Gasteiger partial charge in [0, 0.05) is 19.2 Å². The second kappa shape index (κ2) is 7.44. The molecule has 2 aromatic heterocycles. The van der Waals surface area contributed by atoms with Crippen molar-refractivity contribution in [3.05, 3.63) is 29.6 Å². The maximum absolute atomic E-state index is 13.7. The molecule has 1 aliphatic rings. The van der Waals surface area contributed by atoms with E-state index in [9.17, 15) is 22.8 Å². The average molecular weight is 399 g/mol. The van der Waals surface area contributed by atoms with Gasteiger partial charge < -0.3 is 14.7 Å². The SMILES string of the molecule is COc1ccc(-n2ncc(C(=O)N3CCC(C(=O)O)CC3)c2C(F)(F)F)nn1. The molecule has 150 valence electrons. The lowest BCUT2D eigenvalue weighted by atomic mass is 9.96. The number of piperidine rings is 1. The molecule has 0 aliphatic carbocycles. The third kappa shape index (κ3) is 3.75. The summed E-state index contributed by atoms with van der Waals surface area (Å²) in [6, 6.07) is 2.56. The van der Waals surface area contributed by atoms with Gasteiger partial charge in [0.25, 0.3) is 5.91 Å². The first-order valence-electron chi connectivity index (χ1n) is 8.27. The molecule has 28 heavy (non-hydrogen) atoms. The van der Waals surface area contributed by atoms with E-state index >= 15 is 0 Å². The molecule has 3 rings (SSSR count). The molecule has 1 amide bonds. The number of carbonyl (C=O) groups excluding carboxylic acids is 1. The molecular weight excluding hydrogens is 383 g/mol. The van der Waals surface area contributed by atoms with Crippen LogP contribution < -0.4 is 4.74 Å². The number of carboxylic acids is 1. The Morgan fingerprint density at radius 1 is 1.21 bits per heavy atom. The minimum atomic E-state index is -4.87. The van der Waals surface area contributed by atoms with Crippen LogP contribution in [0.25, 0.3) is 5.82 Å². The van der Waals surface area contributed by atoms with Gasteiger partial charge in [0.05, 0.1) is 24.8 Å². The Morgan fingerprint density at radius 2 is 1.89 bits per heavy atom. The van der Waals surface area contributed by atoms with Gasteiger partial charge in [0.2, 0.25) is 5.88 Å². The lowest BCUT2D eigenvalue weighted by Crippen LogP contribution is -2.40. The molecule has 0 unspecified atom stereocenters. The molecule has 0 radical (unpaired) electrons. The Hall–Kier alpha value is -3.18. The van der Waals surface area contributed by atoms with E-state index in [1.807, 2.05) is 0 Å². The summed E-state index contributed by atoms with van der Waals surface area (Å²) in [4.78, 5) is 24.9. The van der Waals surface area contributed by atoms with Crippen LogP contribution in [0.5, 0.6) is 5.88 Å². The molecule has 2 aromatic rings. The number of carbonyl (C=O) groups is 2. The second-order valence-corrected chi connectivity index (χ2v) is 6.16. The van der Waals surface area contributed by atoms with E-state index in [-0.39, 0.29) is 37.6 Å². The zero-order chi connectivity index (χ0) is 20.5. The molecule has 12 heteroatoms. The molecule has 0 aromatic carbocycles. The van der Waals surface area contributed by atoms with Crippen LogP contribution in [0, 0.1) is 5.92 Å². The van der Waals surface area contributed by atoms with Crippen molar-refractivity contribution in [3.8, 4) is 11.7 Å². The van der Waals surface area contributed by atoms with Crippen LogP contribution in [0.3, 0.4) is 0 Å². The van der Waals surface area contributed by atoms with Crippen molar-refractivity contribution in [1.29, 1.82) is 0 Å². The highest BCUT2D eigenvalue weighted by Crippen LogP contribution is 2.34. The van der Waals surface area contributed by atoms with Crippen LogP contribution in [0.4, 0.5) is 13.2 Å². The highest BCUT2D eigenvalue weighted by Gasteiger charge is 2.42. The number of alkyl halides is 3. The number of methoxy groups -OCH3 is 1. The second-order valence-electron chi connectivity index (χ2n) is 6.16. The molecular formula is C16H16F3N5O4. The highest BCUT2D eigenvalue weighted by molar-refractivity contribution is 5.95. The number of hydrogen-bond donors (Lipinski definition) is 1. The number of ether oxygens (including phenoxy) is 1. The van der Waals surface area contributed by atoms with Gasteiger partial charge in [0.15, 0.2) is 11.5 Å². The number of amides is 1. The maximum Gasteiger partial charge on any atom is 0.434 e. The van der Waals surface area contributed by atoms with Crippen LogP contribution in [0.15, 0.2) is 18.3 Å². The van der Waals surface area contributed by atoms with E-state index in [1.54, 1.807) is 0 Å².